The van der Waals surface area contributed by atoms with E-state index >= 15 is 0 Å². The number of fused-ring (bicyclic) bond motifs is 1. The Morgan fingerprint density at radius 2 is 1.84 bits per heavy atom. The molecule has 1 aromatic heterocycles. The van der Waals surface area contributed by atoms with E-state index in [1.54, 1.807) is 18.2 Å². The first-order valence-corrected chi connectivity index (χ1v) is 6.04. The van der Waals surface area contributed by atoms with Crippen LogP contribution in [0.4, 0.5) is 5.69 Å². The average Bonchev–Trinajstić information content (AvgIpc) is 2.40. The topological polar surface area (TPSA) is 56.2 Å². The van der Waals surface area contributed by atoms with Crippen molar-refractivity contribution in [2.24, 2.45) is 0 Å². The van der Waals surface area contributed by atoms with Gasteiger partial charge in [-0.3, -0.25) is 4.79 Å². The standard InChI is InChI=1S/C16H13NO2/c1-10-4-2-3-5-12(10)16-9-14(18)13-8-11(17)6-7-15(13)19-16/h2-9H,17H2,1H3. The van der Waals surface area contributed by atoms with Crippen LogP contribution in [-0.2, 0) is 0 Å². The first kappa shape index (κ1) is 11.5. The van der Waals surface area contributed by atoms with E-state index in [2.05, 4.69) is 0 Å². The first-order chi connectivity index (χ1) is 9.15. The molecule has 0 atom stereocenters. The Bertz CT molecular complexity index is 818. The summed E-state index contributed by atoms with van der Waals surface area (Å²) in [5, 5.41) is 0.511. The number of aryl methyl sites for hydroxylation is 1. The lowest BCUT2D eigenvalue weighted by atomic mass is 10.1. The van der Waals surface area contributed by atoms with Gasteiger partial charge < -0.3 is 10.2 Å². The van der Waals surface area contributed by atoms with Gasteiger partial charge >= 0.3 is 0 Å². The van der Waals surface area contributed by atoms with Crippen molar-refractivity contribution in [3.8, 4) is 11.3 Å². The third-order valence-electron chi connectivity index (χ3n) is 3.16. The number of hydrogen-bond donors (Lipinski definition) is 1. The highest BCUT2D eigenvalue weighted by atomic mass is 16.3. The summed E-state index contributed by atoms with van der Waals surface area (Å²) < 4.78 is 5.81. The maximum absolute atomic E-state index is 12.1. The molecule has 0 saturated carbocycles. The molecule has 1 heterocycles. The van der Waals surface area contributed by atoms with Gasteiger partial charge in [-0.1, -0.05) is 24.3 Å². The van der Waals surface area contributed by atoms with E-state index in [-0.39, 0.29) is 5.43 Å². The van der Waals surface area contributed by atoms with Crippen molar-refractivity contribution in [3.63, 3.8) is 0 Å². The summed E-state index contributed by atoms with van der Waals surface area (Å²) in [6.07, 6.45) is 0. The third-order valence-corrected chi connectivity index (χ3v) is 3.16. The van der Waals surface area contributed by atoms with Gasteiger partial charge in [0, 0.05) is 17.3 Å². The molecule has 3 nitrogen and oxygen atoms in total. The smallest absolute Gasteiger partial charge is 0.193 e. The third kappa shape index (κ3) is 1.99. The molecule has 94 valence electrons. The second kappa shape index (κ2) is 4.28. The molecule has 0 amide bonds. The molecule has 2 N–H and O–H groups in total. The normalized spacial score (nSPS) is 10.8. The van der Waals surface area contributed by atoms with E-state index in [1.165, 1.54) is 6.07 Å². The summed E-state index contributed by atoms with van der Waals surface area (Å²) >= 11 is 0. The zero-order valence-corrected chi connectivity index (χ0v) is 10.5. The molecular weight excluding hydrogens is 238 g/mol. The molecule has 0 aliphatic heterocycles. The van der Waals surface area contributed by atoms with E-state index < -0.39 is 0 Å². The molecule has 0 aliphatic carbocycles. The number of nitrogens with two attached hydrogens (primary N) is 1. The SMILES string of the molecule is Cc1ccccc1-c1cc(=O)c2cc(N)ccc2o1. The zero-order valence-electron chi connectivity index (χ0n) is 10.5. The molecule has 0 bridgehead atoms. The minimum atomic E-state index is -0.0770. The first-order valence-electron chi connectivity index (χ1n) is 6.04. The largest absolute Gasteiger partial charge is 0.456 e. The summed E-state index contributed by atoms with van der Waals surface area (Å²) in [5.74, 6) is 0.584. The van der Waals surface area contributed by atoms with Crippen LogP contribution in [0.15, 0.2) is 57.7 Å². The fourth-order valence-corrected chi connectivity index (χ4v) is 2.16. The van der Waals surface area contributed by atoms with Crippen LogP contribution in [0.25, 0.3) is 22.3 Å². The van der Waals surface area contributed by atoms with Crippen molar-refractivity contribution >= 4 is 16.7 Å². The van der Waals surface area contributed by atoms with Crippen LogP contribution in [0.5, 0.6) is 0 Å². The Kier molecular flexibility index (Phi) is 2.60. The van der Waals surface area contributed by atoms with Crippen molar-refractivity contribution in [1.29, 1.82) is 0 Å². The minimum absolute atomic E-state index is 0.0770. The number of rotatable bonds is 1. The molecule has 0 saturated heterocycles. The summed E-state index contributed by atoms with van der Waals surface area (Å²) in [4.78, 5) is 12.1. The van der Waals surface area contributed by atoms with Gasteiger partial charge in [0.1, 0.15) is 11.3 Å². The van der Waals surface area contributed by atoms with E-state index in [9.17, 15) is 4.79 Å². The van der Waals surface area contributed by atoms with Gasteiger partial charge in [-0.05, 0) is 30.7 Å². The van der Waals surface area contributed by atoms with E-state index in [0.29, 0.717) is 22.4 Å². The van der Waals surface area contributed by atoms with E-state index in [4.69, 9.17) is 10.2 Å². The molecule has 2 aromatic carbocycles. The van der Waals surface area contributed by atoms with Crippen molar-refractivity contribution < 1.29 is 4.42 Å². The molecule has 0 aliphatic rings. The maximum atomic E-state index is 12.1. The molecular formula is C16H13NO2. The van der Waals surface area contributed by atoms with Gasteiger partial charge in [0.15, 0.2) is 5.43 Å². The van der Waals surface area contributed by atoms with Crippen LogP contribution < -0.4 is 11.2 Å². The van der Waals surface area contributed by atoms with Gasteiger partial charge in [-0.15, -0.1) is 0 Å². The summed E-state index contributed by atoms with van der Waals surface area (Å²) in [6, 6.07) is 14.4. The van der Waals surface area contributed by atoms with Crippen LogP contribution in [0.2, 0.25) is 0 Å². The minimum Gasteiger partial charge on any atom is -0.456 e. The molecule has 0 radical (unpaired) electrons. The van der Waals surface area contributed by atoms with E-state index in [1.807, 2.05) is 31.2 Å². The lowest BCUT2D eigenvalue weighted by Crippen LogP contribution is -2.01. The monoisotopic (exact) mass is 251 g/mol. The van der Waals surface area contributed by atoms with Crippen molar-refractivity contribution in [3.05, 3.63) is 64.3 Å². The van der Waals surface area contributed by atoms with Crippen LogP contribution in [0.3, 0.4) is 0 Å². The molecule has 0 fully saturated rings. The fraction of sp³-hybridized carbons (Fsp3) is 0.0625. The Morgan fingerprint density at radius 3 is 2.63 bits per heavy atom. The average molecular weight is 251 g/mol. The number of benzene rings is 2. The Balaban J connectivity index is 2.31. The number of hydrogen-bond acceptors (Lipinski definition) is 3. The number of anilines is 1. The molecule has 3 aromatic rings. The summed E-state index contributed by atoms with van der Waals surface area (Å²) in [6.45, 7) is 1.99. The lowest BCUT2D eigenvalue weighted by Gasteiger charge is -2.06. The van der Waals surface area contributed by atoms with Crippen LogP contribution >= 0.6 is 0 Å². The van der Waals surface area contributed by atoms with E-state index in [0.717, 1.165) is 11.1 Å². The van der Waals surface area contributed by atoms with Crippen LogP contribution in [-0.4, -0.2) is 0 Å². The molecule has 3 rings (SSSR count). The van der Waals surface area contributed by atoms with Gasteiger partial charge in [0.25, 0.3) is 0 Å². The second-order valence-electron chi connectivity index (χ2n) is 4.55. The Morgan fingerprint density at radius 1 is 1.05 bits per heavy atom. The Labute approximate surface area is 110 Å². The molecule has 0 spiro atoms. The Hall–Kier alpha value is -2.55. The predicted octanol–water partition coefficient (Wildman–Crippen LogP) is 3.35. The van der Waals surface area contributed by atoms with Crippen molar-refractivity contribution in [1.82, 2.24) is 0 Å². The highest BCUT2D eigenvalue weighted by Crippen LogP contribution is 2.25. The van der Waals surface area contributed by atoms with Crippen molar-refractivity contribution in [2.75, 3.05) is 5.73 Å². The summed E-state index contributed by atoms with van der Waals surface area (Å²) in [7, 11) is 0. The van der Waals surface area contributed by atoms with Crippen LogP contribution in [0, 0.1) is 6.92 Å². The highest BCUT2D eigenvalue weighted by Gasteiger charge is 2.08. The van der Waals surface area contributed by atoms with Gasteiger partial charge in [0.2, 0.25) is 0 Å². The van der Waals surface area contributed by atoms with Gasteiger partial charge in [-0.25, -0.2) is 0 Å². The maximum Gasteiger partial charge on any atom is 0.193 e. The quantitative estimate of drug-likeness (QED) is 0.675. The van der Waals surface area contributed by atoms with Crippen molar-refractivity contribution in [2.45, 2.75) is 6.92 Å². The predicted molar refractivity (Wildman–Crippen MR) is 77.1 cm³/mol. The lowest BCUT2D eigenvalue weighted by molar-refractivity contribution is 0.618. The second-order valence-corrected chi connectivity index (χ2v) is 4.55. The molecule has 0 unspecified atom stereocenters. The fourth-order valence-electron chi connectivity index (χ4n) is 2.16. The van der Waals surface area contributed by atoms with Gasteiger partial charge in [0.05, 0.1) is 5.39 Å². The zero-order chi connectivity index (χ0) is 13.4. The number of nitrogen functional groups attached to an aromatic ring is 1. The summed E-state index contributed by atoms with van der Waals surface area (Å²) in [5.41, 5.74) is 8.72. The van der Waals surface area contributed by atoms with Gasteiger partial charge in [-0.2, -0.15) is 0 Å². The molecule has 3 heteroatoms. The van der Waals surface area contributed by atoms with Crippen LogP contribution in [0.1, 0.15) is 5.56 Å². The highest BCUT2D eigenvalue weighted by molar-refractivity contribution is 5.82. The molecule has 19 heavy (non-hydrogen) atoms.